The van der Waals surface area contributed by atoms with E-state index in [1.165, 1.54) is 7.11 Å². The van der Waals surface area contributed by atoms with E-state index >= 15 is 0 Å². The van der Waals surface area contributed by atoms with Crippen LogP contribution in [-0.4, -0.2) is 19.7 Å². The molecule has 0 unspecified atom stereocenters. The second kappa shape index (κ2) is 7.98. The molecule has 0 aliphatic carbocycles. The molecule has 0 saturated heterocycles. The maximum atomic E-state index is 11.5. The molecule has 0 aromatic heterocycles. The van der Waals surface area contributed by atoms with E-state index in [4.69, 9.17) is 9.47 Å². The molecule has 114 valence electrons. The molecule has 0 spiro atoms. The lowest BCUT2D eigenvalue weighted by Gasteiger charge is -2.12. The molecule has 4 heteroatoms. The Bertz CT molecular complexity index is 678. The van der Waals surface area contributed by atoms with Crippen LogP contribution in [0, 0.1) is 3.57 Å². The Balaban J connectivity index is 2.10. The number of esters is 1. The first kappa shape index (κ1) is 16.5. The number of hydrogen-bond acceptors (Lipinski definition) is 3. The second-order valence-corrected chi connectivity index (χ2v) is 5.77. The molecule has 2 aromatic rings. The first-order valence-corrected chi connectivity index (χ1v) is 7.95. The van der Waals surface area contributed by atoms with E-state index in [9.17, 15) is 4.79 Å². The van der Waals surface area contributed by atoms with Gasteiger partial charge >= 0.3 is 5.97 Å². The molecule has 0 bridgehead atoms. The fourth-order valence-electron chi connectivity index (χ4n) is 2.00. The van der Waals surface area contributed by atoms with Gasteiger partial charge < -0.3 is 9.47 Å². The Morgan fingerprint density at radius 2 is 1.86 bits per heavy atom. The molecule has 2 aromatic carbocycles. The SMILES string of the molecule is C/C=C(/COc1ccc(C(=O)OC)cc1I)c1ccccc1. The third-order valence-corrected chi connectivity index (χ3v) is 4.07. The number of methoxy groups -OCH3 is 1. The van der Waals surface area contributed by atoms with Crippen LogP contribution in [0.5, 0.6) is 5.75 Å². The number of ether oxygens (including phenoxy) is 2. The van der Waals surface area contributed by atoms with Gasteiger partial charge in [0.05, 0.1) is 16.2 Å². The third kappa shape index (κ3) is 4.10. The normalized spacial score (nSPS) is 11.1. The zero-order valence-electron chi connectivity index (χ0n) is 12.5. The van der Waals surface area contributed by atoms with E-state index in [0.717, 1.165) is 20.5 Å². The Hall–Kier alpha value is -1.82. The average Bonchev–Trinajstić information content (AvgIpc) is 2.56. The van der Waals surface area contributed by atoms with Crippen LogP contribution in [-0.2, 0) is 4.74 Å². The lowest BCUT2D eigenvalue weighted by molar-refractivity contribution is 0.0600. The topological polar surface area (TPSA) is 35.5 Å². The molecule has 0 amide bonds. The molecule has 0 aliphatic rings. The van der Waals surface area contributed by atoms with Crippen LogP contribution < -0.4 is 4.74 Å². The fraction of sp³-hybridized carbons (Fsp3) is 0.167. The maximum Gasteiger partial charge on any atom is 0.337 e. The van der Waals surface area contributed by atoms with Gasteiger partial charge in [0.25, 0.3) is 0 Å². The zero-order chi connectivity index (χ0) is 15.9. The Kier molecular flexibility index (Phi) is 6.00. The van der Waals surface area contributed by atoms with Crippen molar-refractivity contribution in [3.63, 3.8) is 0 Å². The van der Waals surface area contributed by atoms with Gasteiger partial charge in [-0.15, -0.1) is 0 Å². The van der Waals surface area contributed by atoms with Gasteiger partial charge in [0.15, 0.2) is 0 Å². The average molecular weight is 408 g/mol. The van der Waals surface area contributed by atoms with Crippen molar-refractivity contribution in [2.75, 3.05) is 13.7 Å². The molecule has 0 heterocycles. The van der Waals surface area contributed by atoms with Crippen molar-refractivity contribution < 1.29 is 14.3 Å². The van der Waals surface area contributed by atoms with Gasteiger partial charge in [-0.2, -0.15) is 0 Å². The van der Waals surface area contributed by atoms with E-state index in [1.54, 1.807) is 18.2 Å². The molecule has 0 atom stereocenters. The van der Waals surface area contributed by atoms with Gasteiger partial charge in [-0.1, -0.05) is 36.4 Å². The minimum absolute atomic E-state index is 0.345. The lowest BCUT2D eigenvalue weighted by Crippen LogP contribution is -2.04. The first-order chi connectivity index (χ1) is 10.7. The zero-order valence-corrected chi connectivity index (χ0v) is 14.7. The number of hydrogen-bond donors (Lipinski definition) is 0. The Morgan fingerprint density at radius 1 is 1.14 bits per heavy atom. The number of rotatable bonds is 5. The lowest BCUT2D eigenvalue weighted by atomic mass is 10.1. The van der Waals surface area contributed by atoms with Crippen molar-refractivity contribution in [1.29, 1.82) is 0 Å². The van der Waals surface area contributed by atoms with Crippen molar-refractivity contribution in [2.45, 2.75) is 6.92 Å². The minimum atomic E-state index is -0.345. The summed E-state index contributed by atoms with van der Waals surface area (Å²) in [4.78, 5) is 11.5. The number of benzene rings is 2. The van der Waals surface area contributed by atoms with Crippen LogP contribution in [0.25, 0.3) is 5.57 Å². The quantitative estimate of drug-likeness (QED) is 0.538. The summed E-state index contributed by atoms with van der Waals surface area (Å²) in [7, 11) is 1.37. The number of carbonyl (C=O) groups is 1. The third-order valence-electron chi connectivity index (χ3n) is 3.23. The summed E-state index contributed by atoms with van der Waals surface area (Å²) in [6.45, 7) is 2.48. The predicted octanol–water partition coefficient (Wildman–Crippen LogP) is 4.56. The van der Waals surface area contributed by atoms with Crippen molar-refractivity contribution in [1.82, 2.24) is 0 Å². The first-order valence-electron chi connectivity index (χ1n) is 6.87. The fourth-order valence-corrected chi connectivity index (χ4v) is 2.67. The van der Waals surface area contributed by atoms with E-state index in [0.29, 0.717) is 12.2 Å². The van der Waals surface area contributed by atoms with Gasteiger partial charge in [0.2, 0.25) is 0 Å². The van der Waals surface area contributed by atoms with Crippen LogP contribution in [0.3, 0.4) is 0 Å². The predicted molar refractivity (Wildman–Crippen MR) is 96.1 cm³/mol. The second-order valence-electron chi connectivity index (χ2n) is 4.61. The summed E-state index contributed by atoms with van der Waals surface area (Å²) in [6.07, 6.45) is 2.05. The minimum Gasteiger partial charge on any atom is -0.488 e. The molecule has 0 radical (unpaired) electrons. The molecule has 0 aliphatic heterocycles. The van der Waals surface area contributed by atoms with Gasteiger partial charge in [0.1, 0.15) is 12.4 Å². The van der Waals surface area contributed by atoms with Crippen LogP contribution in [0.4, 0.5) is 0 Å². The van der Waals surface area contributed by atoms with Gasteiger partial charge in [-0.25, -0.2) is 4.79 Å². The largest absolute Gasteiger partial charge is 0.488 e. The van der Waals surface area contributed by atoms with Gasteiger partial charge in [-0.05, 0) is 58.9 Å². The highest BCUT2D eigenvalue weighted by atomic mass is 127. The summed E-state index contributed by atoms with van der Waals surface area (Å²) in [5, 5.41) is 0. The van der Waals surface area contributed by atoms with E-state index in [-0.39, 0.29) is 5.97 Å². The summed E-state index contributed by atoms with van der Waals surface area (Å²) in [6, 6.07) is 15.4. The van der Waals surface area contributed by atoms with Crippen molar-refractivity contribution in [2.24, 2.45) is 0 Å². The van der Waals surface area contributed by atoms with Crippen molar-refractivity contribution in [3.05, 3.63) is 69.3 Å². The molecular weight excluding hydrogens is 391 g/mol. The highest BCUT2D eigenvalue weighted by Gasteiger charge is 2.10. The monoisotopic (exact) mass is 408 g/mol. The van der Waals surface area contributed by atoms with Crippen LogP contribution in [0.1, 0.15) is 22.8 Å². The summed E-state index contributed by atoms with van der Waals surface area (Å²) < 4.78 is 11.5. The van der Waals surface area contributed by atoms with Crippen molar-refractivity contribution >= 4 is 34.1 Å². The van der Waals surface area contributed by atoms with Crippen LogP contribution in [0.15, 0.2) is 54.6 Å². The highest BCUT2D eigenvalue weighted by molar-refractivity contribution is 14.1. The molecule has 0 N–H and O–H groups in total. The van der Waals surface area contributed by atoms with Gasteiger partial charge in [-0.3, -0.25) is 0 Å². The highest BCUT2D eigenvalue weighted by Crippen LogP contribution is 2.24. The van der Waals surface area contributed by atoms with Crippen molar-refractivity contribution in [3.8, 4) is 5.75 Å². The molecule has 0 fully saturated rings. The van der Waals surface area contributed by atoms with Crippen LogP contribution in [0.2, 0.25) is 0 Å². The molecule has 3 nitrogen and oxygen atoms in total. The standard InChI is InChI=1S/C18H17IO3/c1-3-13(14-7-5-4-6-8-14)12-22-17-10-9-15(11-16(17)19)18(20)21-2/h3-11H,12H2,1-2H3/b13-3-. The molecule has 2 rings (SSSR count). The Labute approximate surface area is 144 Å². The Morgan fingerprint density at radius 3 is 2.45 bits per heavy atom. The van der Waals surface area contributed by atoms with Crippen LogP contribution >= 0.6 is 22.6 Å². The summed E-state index contributed by atoms with van der Waals surface area (Å²) in [5.41, 5.74) is 2.79. The van der Waals surface area contributed by atoms with E-state index < -0.39 is 0 Å². The van der Waals surface area contributed by atoms with E-state index in [2.05, 4.69) is 34.7 Å². The summed E-state index contributed by atoms with van der Waals surface area (Å²) >= 11 is 2.16. The number of halogens is 1. The maximum absolute atomic E-state index is 11.5. The molecular formula is C18H17IO3. The molecule has 22 heavy (non-hydrogen) atoms. The van der Waals surface area contributed by atoms with E-state index in [1.807, 2.05) is 31.2 Å². The van der Waals surface area contributed by atoms with Gasteiger partial charge in [0, 0.05) is 0 Å². The number of allylic oxidation sites excluding steroid dienone is 1. The molecule has 0 saturated carbocycles. The summed E-state index contributed by atoms with van der Waals surface area (Å²) in [5.74, 6) is 0.409. The number of carbonyl (C=O) groups excluding carboxylic acids is 1. The smallest absolute Gasteiger partial charge is 0.337 e.